The molecule has 1 amide bonds. The zero-order valence-electron chi connectivity index (χ0n) is 6.50. The van der Waals surface area contributed by atoms with Crippen molar-refractivity contribution in [3.63, 3.8) is 0 Å². The van der Waals surface area contributed by atoms with Gasteiger partial charge in [0.15, 0.2) is 0 Å². The van der Waals surface area contributed by atoms with Crippen molar-refractivity contribution in [2.75, 3.05) is 13.1 Å². The monoisotopic (exact) mass is 153 g/mol. The molecular formula is C8H11NO2. The summed E-state index contributed by atoms with van der Waals surface area (Å²) in [7, 11) is 0. The van der Waals surface area contributed by atoms with Crippen LogP contribution in [0.5, 0.6) is 0 Å². The molecule has 3 heteroatoms. The van der Waals surface area contributed by atoms with Gasteiger partial charge in [-0.2, -0.15) is 0 Å². The van der Waals surface area contributed by atoms with Crippen LogP contribution in [0.15, 0.2) is 0 Å². The lowest BCUT2D eigenvalue weighted by atomic mass is 9.91. The highest BCUT2D eigenvalue weighted by molar-refractivity contribution is 5.93. The SMILES string of the molecule is C#CC(=O)N1CC(O)(CC)C1. The first-order chi connectivity index (χ1) is 5.11. The highest BCUT2D eigenvalue weighted by atomic mass is 16.3. The van der Waals surface area contributed by atoms with Gasteiger partial charge < -0.3 is 10.0 Å². The number of hydrogen-bond acceptors (Lipinski definition) is 2. The lowest BCUT2D eigenvalue weighted by Crippen LogP contribution is -2.62. The highest BCUT2D eigenvalue weighted by Gasteiger charge is 2.41. The van der Waals surface area contributed by atoms with Crippen molar-refractivity contribution < 1.29 is 9.90 Å². The number of aliphatic hydroxyl groups is 1. The van der Waals surface area contributed by atoms with E-state index in [0.29, 0.717) is 19.5 Å². The third kappa shape index (κ3) is 1.36. The molecular weight excluding hydrogens is 142 g/mol. The van der Waals surface area contributed by atoms with Gasteiger partial charge in [0.2, 0.25) is 0 Å². The zero-order chi connectivity index (χ0) is 8.48. The molecule has 0 atom stereocenters. The molecule has 1 rings (SSSR count). The summed E-state index contributed by atoms with van der Waals surface area (Å²) in [5.74, 6) is 1.67. The van der Waals surface area contributed by atoms with Gasteiger partial charge in [0.05, 0.1) is 18.7 Å². The smallest absolute Gasteiger partial charge is 0.298 e. The molecule has 3 nitrogen and oxygen atoms in total. The van der Waals surface area contributed by atoms with Gasteiger partial charge in [-0.25, -0.2) is 0 Å². The van der Waals surface area contributed by atoms with Crippen LogP contribution in [-0.4, -0.2) is 34.6 Å². The number of β-amino-alcohol motifs (C(OH)–C–C–N with tert-alkyl or cyclic N) is 1. The zero-order valence-corrected chi connectivity index (χ0v) is 6.50. The topological polar surface area (TPSA) is 40.5 Å². The number of hydrogen-bond donors (Lipinski definition) is 1. The van der Waals surface area contributed by atoms with Crippen LogP contribution in [-0.2, 0) is 4.79 Å². The molecule has 0 aromatic heterocycles. The number of carbonyl (C=O) groups is 1. The summed E-state index contributed by atoms with van der Waals surface area (Å²) in [6, 6.07) is 0. The fourth-order valence-corrected chi connectivity index (χ4v) is 1.12. The molecule has 60 valence electrons. The molecule has 0 aliphatic carbocycles. The van der Waals surface area contributed by atoms with Crippen LogP contribution in [0.4, 0.5) is 0 Å². The van der Waals surface area contributed by atoms with Gasteiger partial charge in [0.1, 0.15) is 0 Å². The van der Waals surface area contributed by atoms with Crippen LogP contribution in [0.2, 0.25) is 0 Å². The molecule has 1 fully saturated rings. The minimum Gasteiger partial charge on any atom is -0.386 e. The second-order valence-corrected chi connectivity index (χ2v) is 2.88. The molecule has 0 unspecified atom stereocenters. The van der Waals surface area contributed by atoms with Crippen LogP contribution in [0.25, 0.3) is 0 Å². The number of nitrogens with zero attached hydrogens (tertiary/aromatic N) is 1. The average molecular weight is 153 g/mol. The maximum absolute atomic E-state index is 10.8. The van der Waals surface area contributed by atoms with Gasteiger partial charge in [0.25, 0.3) is 5.91 Å². The maximum atomic E-state index is 10.8. The average Bonchev–Trinajstić information content (AvgIpc) is 1.97. The van der Waals surface area contributed by atoms with Crippen molar-refractivity contribution in [2.45, 2.75) is 18.9 Å². The Bertz CT molecular complexity index is 211. The first-order valence-electron chi connectivity index (χ1n) is 3.59. The standard InChI is InChI=1S/C8H11NO2/c1-3-7(10)9-5-8(11,4-2)6-9/h1,11H,4-6H2,2H3. The van der Waals surface area contributed by atoms with Crippen LogP contribution in [0, 0.1) is 12.3 Å². The van der Waals surface area contributed by atoms with Gasteiger partial charge in [-0.1, -0.05) is 6.92 Å². The largest absolute Gasteiger partial charge is 0.386 e. The lowest BCUT2D eigenvalue weighted by Gasteiger charge is -2.45. The number of terminal acetylenes is 1. The van der Waals surface area contributed by atoms with Crippen molar-refractivity contribution in [1.29, 1.82) is 0 Å². The molecule has 1 aliphatic rings. The van der Waals surface area contributed by atoms with Gasteiger partial charge >= 0.3 is 0 Å². The minimum atomic E-state index is -0.674. The van der Waals surface area contributed by atoms with Crippen LogP contribution < -0.4 is 0 Å². The molecule has 1 N–H and O–H groups in total. The number of carbonyl (C=O) groups excluding carboxylic acids is 1. The Labute approximate surface area is 66.0 Å². The molecule has 0 radical (unpaired) electrons. The Morgan fingerprint density at radius 1 is 1.82 bits per heavy atom. The number of amides is 1. The van der Waals surface area contributed by atoms with Crippen LogP contribution >= 0.6 is 0 Å². The van der Waals surface area contributed by atoms with E-state index in [9.17, 15) is 9.90 Å². The van der Waals surface area contributed by atoms with E-state index in [-0.39, 0.29) is 5.91 Å². The Balaban J connectivity index is 2.42. The second-order valence-electron chi connectivity index (χ2n) is 2.88. The third-order valence-electron chi connectivity index (χ3n) is 2.04. The summed E-state index contributed by atoms with van der Waals surface area (Å²) in [4.78, 5) is 12.2. The molecule has 0 bridgehead atoms. The van der Waals surface area contributed by atoms with E-state index in [2.05, 4.69) is 0 Å². The Hall–Kier alpha value is -1.01. The summed E-state index contributed by atoms with van der Waals surface area (Å²) in [5.41, 5.74) is -0.674. The first kappa shape index (κ1) is 8.09. The molecule has 1 aliphatic heterocycles. The van der Waals surface area contributed by atoms with Gasteiger partial charge in [-0.3, -0.25) is 4.79 Å². The number of rotatable bonds is 1. The fraction of sp³-hybridized carbons (Fsp3) is 0.625. The van der Waals surface area contributed by atoms with Crippen molar-refractivity contribution >= 4 is 5.91 Å². The van der Waals surface area contributed by atoms with Crippen molar-refractivity contribution in [1.82, 2.24) is 4.90 Å². The number of likely N-dealkylation sites (tertiary alicyclic amines) is 1. The molecule has 0 aromatic carbocycles. The quantitative estimate of drug-likeness (QED) is 0.521. The van der Waals surface area contributed by atoms with Crippen molar-refractivity contribution in [3.8, 4) is 12.3 Å². The predicted molar refractivity (Wildman–Crippen MR) is 40.7 cm³/mol. The van der Waals surface area contributed by atoms with Gasteiger partial charge in [-0.15, -0.1) is 6.42 Å². The first-order valence-corrected chi connectivity index (χ1v) is 3.59. The summed E-state index contributed by atoms with van der Waals surface area (Å²) >= 11 is 0. The van der Waals surface area contributed by atoms with Gasteiger partial charge in [-0.05, 0) is 12.3 Å². The molecule has 1 heterocycles. The molecule has 0 spiro atoms. The van der Waals surface area contributed by atoms with E-state index in [1.165, 1.54) is 4.90 Å². The van der Waals surface area contributed by atoms with E-state index in [4.69, 9.17) is 6.42 Å². The van der Waals surface area contributed by atoms with Crippen LogP contribution in [0.3, 0.4) is 0 Å². The molecule has 0 aromatic rings. The van der Waals surface area contributed by atoms with Crippen LogP contribution in [0.1, 0.15) is 13.3 Å². The lowest BCUT2D eigenvalue weighted by molar-refractivity contribution is -0.149. The second kappa shape index (κ2) is 2.55. The van der Waals surface area contributed by atoms with E-state index in [1.54, 1.807) is 0 Å². The molecule has 11 heavy (non-hydrogen) atoms. The van der Waals surface area contributed by atoms with Crippen molar-refractivity contribution in [3.05, 3.63) is 0 Å². The Kier molecular flexibility index (Phi) is 1.88. The predicted octanol–water partition coefficient (Wildman–Crippen LogP) is -0.397. The maximum Gasteiger partial charge on any atom is 0.298 e. The summed E-state index contributed by atoms with van der Waals surface area (Å²) in [6.07, 6.45) is 5.56. The summed E-state index contributed by atoms with van der Waals surface area (Å²) in [6.45, 7) is 2.65. The third-order valence-corrected chi connectivity index (χ3v) is 2.04. The fourth-order valence-electron chi connectivity index (χ4n) is 1.12. The molecule has 1 saturated heterocycles. The Morgan fingerprint density at radius 3 is 2.73 bits per heavy atom. The minimum absolute atomic E-state index is 0.330. The summed E-state index contributed by atoms with van der Waals surface area (Å²) in [5, 5.41) is 9.47. The van der Waals surface area contributed by atoms with Gasteiger partial charge in [0, 0.05) is 0 Å². The van der Waals surface area contributed by atoms with E-state index < -0.39 is 5.60 Å². The van der Waals surface area contributed by atoms with Crippen molar-refractivity contribution in [2.24, 2.45) is 0 Å². The highest BCUT2D eigenvalue weighted by Crippen LogP contribution is 2.23. The normalized spacial score (nSPS) is 20.3. The Morgan fingerprint density at radius 2 is 2.36 bits per heavy atom. The molecule has 0 saturated carbocycles. The van der Waals surface area contributed by atoms with E-state index >= 15 is 0 Å². The van der Waals surface area contributed by atoms with E-state index in [1.807, 2.05) is 12.8 Å². The van der Waals surface area contributed by atoms with E-state index in [0.717, 1.165) is 0 Å². The summed E-state index contributed by atoms with van der Waals surface area (Å²) < 4.78 is 0.